The van der Waals surface area contributed by atoms with E-state index >= 15 is 0 Å². The lowest BCUT2D eigenvalue weighted by atomic mass is 10.2. The van der Waals surface area contributed by atoms with Crippen LogP contribution in [0.25, 0.3) is 11.0 Å². The SMILES string of the molecule is Cc1nc(N(C)C(=O)CCc2nc3ccccc3[nH]c2=O)sc1C. The van der Waals surface area contributed by atoms with Crippen molar-refractivity contribution in [1.29, 1.82) is 0 Å². The van der Waals surface area contributed by atoms with Gasteiger partial charge in [-0.2, -0.15) is 0 Å². The molecular weight excluding hydrogens is 324 g/mol. The number of para-hydroxylation sites is 2. The fraction of sp³-hybridized carbons (Fsp3) is 0.294. The lowest BCUT2D eigenvalue weighted by Crippen LogP contribution is -2.27. The Morgan fingerprint density at radius 1 is 1.25 bits per heavy atom. The molecule has 7 heteroatoms. The summed E-state index contributed by atoms with van der Waals surface area (Å²) < 4.78 is 0. The Balaban J connectivity index is 1.74. The molecule has 0 saturated carbocycles. The number of H-pyrrole nitrogens is 1. The predicted octanol–water partition coefficient (Wildman–Crippen LogP) is 2.59. The molecule has 1 aromatic carbocycles. The smallest absolute Gasteiger partial charge is 0.270 e. The van der Waals surface area contributed by atoms with Crippen molar-refractivity contribution in [3.63, 3.8) is 0 Å². The van der Waals surface area contributed by atoms with Crippen molar-refractivity contribution in [3.8, 4) is 0 Å². The number of carbonyl (C=O) groups is 1. The van der Waals surface area contributed by atoms with E-state index in [1.807, 2.05) is 32.0 Å². The molecule has 124 valence electrons. The molecular formula is C17H18N4O2S. The average molecular weight is 342 g/mol. The number of thiazole rings is 1. The van der Waals surface area contributed by atoms with Crippen LogP contribution in [0.5, 0.6) is 0 Å². The van der Waals surface area contributed by atoms with Crippen LogP contribution in [0.2, 0.25) is 0 Å². The maximum absolute atomic E-state index is 12.4. The first-order valence-electron chi connectivity index (χ1n) is 7.64. The monoisotopic (exact) mass is 342 g/mol. The summed E-state index contributed by atoms with van der Waals surface area (Å²) in [4.78, 5) is 38.6. The first-order valence-corrected chi connectivity index (χ1v) is 8.46. The van der Waals surface area contributed by atoms with Gasteiger partial charge in [0.05, 0.1) is 16.7 Å². The summed E-state index contributed by atoms with van der Waals surface area (Å²) in [6.07, 6.45) is 0.509. The first-order chi connectivity index (χ1) is 11.5. The molecule has 3 aromatic rings. The molecule has 1 amide bonds. The van der Waals surface area contributed by atoms with Gasteiger partial charge in [0.25, 0.3) is 5.56 Å². The van der Waals surface area contributed by atoms with Crippen LogP contribution in [0.3, 0.4) is 0 Å². The van der Waals surface area contributed by atoms with Crippen LogP contribution in [0, 0.1) is 13.8 Å². The topological polar surface area (TPSA) is 79.0 Å². The van der Waals surface area contributed by atoms with Crippen LogP contribution in [0.1, 0.15) is 22.7 Å². The molecule has 0 unspecified atom stereocenters. The number of fused-ring (bicyclic) bond motifs is 1. The van der Waals surface area contributed by atoms with Crippen LogP contribution in [0.4, 0.5) is 5.13 Å². The number of anilines is 1. The molecule has 0 aliphatic heterocycles. The highest BCUT2D eigenvalue weighted by Gasteiger charge is 2.16. The van der Waals surface area contributed by atoms with Gasteiger partial charge in [0.15, 0.2) is 5.13 Å². The second kappa shape index (κ2) is 6.52. The Labute approximate surface area is 143 Å². The Hall–Kier alpha value is -2.54. The van der Waals surface area contributed by atoms with E-state index in [0.29, 0.717) is 22.8 Å². The number of aromatic amines is 1. The highest BCUT2D eigenvalue weighted by molar-refractivity contribution is 7.15. The van der Waals surface area contributed by atoms with Crippen LogP contribution in [-0.4, -0.2) is 27.9 Å². The summed E-state index contributed by atoms with van der Waals surface area (Å²) in [5.41, 5.74) is 2.48. The van der Waals surface area contributed by atoms with Crippen molar-refractivity contribution in [3.05, 3.63) is 50.9 Å². The highest BCUT2D eigenvalue weighted by atomic mass is 32.1. The molecule has 0 atom stereocenters. The van der Waals surface area contributed by atoms with E-state index in [9.17, 15) is 9.59 Å². The number of hydrogen-bond acceptors (Lipinski definition) is 5. The maximum Gasteiger partial charge on any atom is 0.270 e. The Morgan fingerprint density at radius 2 is 2.00 bits per heavy atom. The number of rotatable bonds is 4. The normalized spacial score (nSPS) is 11.0. The first kappa shape index (κ1) is 16.3. The predicted molar refractivity (Wildman–Crippen MR) is 95.7 cm³/mol. The molecule has 0 fully saturated rings. The standard InChI is InChI=1S/C17H18N4O2S/c1-10-11(2)24-17(18-10)21(3)15(22)9-8-14-16(23)20-13-7-5-4-6-12(13)19-14/h4-7H,8-9H2,1-3H3,(H,20,23). The molecule has 3 rings (SSSR count). The van der Waals surface area contributed by atoms with Crippen molar-refractivity contribution >= 4 is 33.4 Å². The zero-order valence-electron chi connectivity index (χ0n) is 13.8. The van der Waals surface area contributed by atoms with E-state index in [4.69, 9.17) is 0 Å². The summed E-state index contributed by atoms with van der Waals surface area (Å²) >= 11 is 1.49. The quantitative estimate of drug-likeness (QED) is 0.790. The van der Waals surface area contributed by atoms with Gasteiger partial charge in [-0.25, -0.2) is 9.97 Å². The summed E-state index contributed by atoms with van der Waals surface area (Å²) in [6, 6.07) is 7.35. The maximum atomic E-state index is 12.4. The zero-order chi connectivity index (χ0) is 17.3. The van der Waals surface area contributed by atoms with E-state index in [2.05, 4.69) is 15.0 Å². The molecule has 6 nitrogen and oxygen atoms in total. The van der Waals surface area contributed by atoms with Gasteiger partial charge in [-0.05, 0) is 26.0 Å². The van der Waals surface area contributed by atoms with E-state index in [0.717, 1.165) is 16.1 Å². The van der Waals surface area contributed by atoms with Crippen molar-refractivity contribution in [2.24, 2.45) is 0 Å². The fourth-order valence-electron chi connectivity index (χ4n) is 2.34. The lowest BCUT2D eigenvalue weighted by molar-refractivity contribution is -0.118. The Bertz CT molecular complexity index is 941. The van der Waals surface area contributed by atoms with E-state index in [-0.39, 0.29) is 17.9 Å². The van der Waals surface area contributed by atoms with Crippen LogP contribution in [-0.2, 0) is 11.2 Å². The minimum atomic E-state index is -0.245. The summed E-state index contributed by atoms with van der Waals surface area (Å²) in [6.45, 7) is 3.90. The van der Waals surface area contributed by atoms with Gasteiger partial charge in [-0.15, -0.1) is 11.3 Å². The van der Waals surface area contributed by atoms with Gasteiger partial charge in [0.2, 0.25) is 5.91 Å². The second-order valence-electron chi connectivity index (χ2n) is 5.62. The third-order valence-electron chi connectivity index (χ3n) is 3.92. The molecule has 0 saturated heterocycles. The number of aryl methyl sites for hydroxylation is 3. The highest BCUT2D eigenvalue weighted by Crippen LogP contribution is 2.24. The minimum Gasteiger partial charge on any atom is -0.319 e. The molecule has 2 heterocycles. The molecule has 1 N–H and O–H groups in total. The number of nitrogens with one attached hydrogen (secondary N) is 1. The van der Waals surface area contributed by atoms with Gasteiger partial charge in [0, 0.05) is 24.8 Å². The third-order valence-corrected chi connectivity index (χ3v) is 5.07. The van der Waals surface area contributed by atoms with Crippen LogP contribution < -0.4 is 10.5 Å². The molecule has 0 bridgehead atoms. The van der Waals surface area contributed by atoms with Crippen molar-refractivity contribution < 1.29 is 4.79 Å². The van der Waals surface area contributed by atoms with E-state index in [1.165, 1.54) is 11.3 Å². The molecule has 0 spiro atoms. The van der Waals surface area contributed by atoms with E-state index < -0.39 is 0 Å². The van der Waals surface area contributed by atoms with Gasteiger partial charge < -0.3 is 4.98 Å². The summed E-state index contributed by atoms with van der Waals surface area (Å²) in [7, 11) is 1.71. The van der Waals surface area contributed by atoms with Gasteiger partial charge in [-0.1, -0.05) is 12.1 Å². The zero-order valence-corrected chi connectivity index (χ0v) is 14.6. The van der Waals surface area contributed by atoms with Gasteiger partial charge in [-0.3, -0.25) is 14.5 Å². The Morgan fingerprint density at radius 3 is 2.71 bits per heavy atom. The van der Waals surface area contributed by atoms with Crippen molar-refractivity contribution in [2.45, 2.75) is 26.7 Å². The molecule has 24 heavy (non-hydrogen) atoms. The third kappa shape index (κ3) is 3.21. The number of benzene rings is 1. The van der Waals surface area contributed by atoms with Gasteiger partial charge >= 0.3 is 0 Å². The van der Waals surface area contributed by atoms with Crippen LogP contribution >= 0.6 is 11.3 Å². The van der Waals surface area contributed by atoms with E-state index in [1.54, 1.807) is 18.0 Å². The van der Waals surface area contributed by atoms with Crippen molar-refractivity contribution in [2.75, 3.05) is 11.9 Å². The van der Waals surface area contributed by atoms with Crippen molar-refractivity contribution in [1.82, 2.24) is 15.0 Å². The summed E-state index contributed by atoms with van der Waals surface area (Å²) in [5, 5.41) is 0.676. The molecule has 0 aliphatic carbocycles. The van der Waals surface area contributed by atoms with Crippen LogP contribution in [0.15, 0.2) is 29.1 Å². The average Bonchev–Trinajstić information content (AvgIpc) is 2.91. The minimum absolute atomic E-state index is 0.0851. The number of hydrogen-bond donors (Lipinski definition) is 1. The molecule has 0 aliphatic rings. The Kier molecular flexibility index (Phi) is 4.44. The molecule has 2 aromatic heterocycles. The fourth-order valence-corrected chi connectivity index (χ4v) is 3.22. The van der Waals surface area contributed by atoms with Gasteiger partial charge in [0.1, 0.15) is 5.69 Å². The number of aromatic nitrogens is 3. The molecule has 0 radical (unpaired) electrons. The lowest BCUT2D eigenvalue weighted by Gasteiger charge is -2.13. The number of amides is 1. The second-order valence-corrected chi connectivity index (χ2v) is 6.80. The summed E-state index contributed by atoms with van der Waals surface area (Å²) in [5.74, 6) is -0.0851. The number of carbonyl (C=O) groups excluding carboxylic acids is 1. The number of nitrogens with zero attached hydrogens (tertiary/aromatic N) is 3. The largest absolute Gasteiger partial charge is 0.319 e.